The Morgan fingerprint density at radius 1 is 1.19 bits per heavy atom. The summed E-state index contributed by atoms with van der Waals surface area (Å²) in [7, 11) is 0. The number of hydrogen-bond donors (Lipinski definition) is 1. The van der Waals surface area contributed by atoms with E-state index >= 15 is 0 Å². The van der Waals surface area contributed by atoms with E-state index in [0.29, 0.717) is 5.16 Å². The Bertz CT molecular complexity index is 596. The van der Waals surface area contributed by atoms with Crippen molar-refractivity contribution in [3.05, 3.63) is 47.8 Å². The number of benzene rings is 1. The monoisotopic (exact) mass is 301 g/mol. The third kappa shape index (κ3) is 4.04. The van der Waals surface area contributed by atoms with Crippen LogP contribution >= 0.6 is 11.8 Å². The van der Waals surface area contributed by atoms with Crippen molar-refractivity contribution in [3.63, 3.8) is 0 Å². The van der Waals surface area contributed by atoms with Crippen LogP contribution in [0.3, 0.4) is 0 Å². The van der Waals surface area contributed by atoms with Gasteiger partial charge in [0.15, 0.2) is 5.16 Å². The van der Waals surface area contributed by atoms with E-state index in [9.17, 15) is 4.79 Å². The normalized spacial score (nSPS) is 12.0. The molecule has 2 aromatic rings. The number of nitrogens with one attached hydrogen (secondary N) is 1. The quantitative estimate of drug-likeness (QED) is 0.677. The molecule has 0 unspecified atom stereocenters. The summed E-state index contributed by atoms with van der Waals surface area (Å²) < 4.78 is 0. The van der Waals surface area contributed by atoms with E-state index in [0.717, 1.165) is 23.2 Å². The van der Waals surface area contributed by atoms with Gasteiger partial charge in [-0.1, -0.05) is 36.9 Å². The molecule has 1 aromatic carbocycles. The number of anilines is 1. The van der Waals surface area contributed by atoms with Gasteiger partial charge >= 0.3 is 0 Å². The molecule has 2 rings (SSSR count). The van der Waals surface area contributed by atoms with Crippen LogP contribution in [0.4, 0.5) is 5.69 Å². The van der Waals surface area contributed by atoms with Gasteiger partial charge in [0.25, 0.3) is 0 Å². The van der Waals surface area contributed by atoms with E-state index in [1.807, 2.05) is 39.0 Å². The first kappa shape index (κ1) is 15.5. The molecule has 1 aromatic heterocycles. The van der Waals surface area contributed by atoms with Gasteiger partial charge < -0.3 is 5.32 Å². The number of rotatable bonds is 5. The third-order valence-electron chi connectivity index (χ3n) is 3.18. The topological polar surface area (TPSA) is 54.9 Å². The molecule has 0 bridgehead atoms. The van der Waals surface area contributed by atoms with E-state index in [-0.39, 0.29) is 11.2 Å². The minimum absolute atomic E-state index is 0.00708. The maximum Gasteiger partial charge on any atom is 0.237 e. The minimum Gasteiger partial charge on any atom is -0.325 e. The largest absolute Gasteiger partial charge is 0.325 e. The highest BCUT2D eigenvalue weighted by Crippen LogP contribution is 2.25. The first-order chi connectivity index (χ1) is 10.1. The molecule has 0 saturated carbocycles. The van der Waals surface area contributed by atoms with Crippen LogP contribution < -0.4 is 5.32 Å². The van der Waals surface area contributed by atoms with Gasteiger partial charge in [0.1, 0.15) is 0 Å². The highest BCUT2D eigenvalue weighted by Gasteiger charge is 2.20. The van der Waals surface area contributed by atoms with Gasteiger partial charge in [-0.25, -0.2) is 9.97 Å². The third-order valence-corrected chi connectivity index (χ3v) is 4.44. The lowest BCUT2D eigenvalue weighted by atomic mass is 10.1. The van der Waals surface area contributed by atoms with Gasteiger partial charge in [0.05, 0.1) is 5.25 Å². The summed E-state index contributed by atoms with van der Waals surface area (Å²) in [5, 5.41) is 3.46. The minimum atomic E-state index is -0.202. The smallest absolute Gasteiger partial charge is 0.237 e. The van der Waals surface area contributed by atoms with E-state index in [2.05, 4.69) is 15.3 Å². The summed E-state index contributed by atoms with van der Waals surface area (Å²) in [4.78, 5) is 20.8. The molecule has 0 aliphatic carbocycles. The molecule has 0 aliphatic rings. The number of nitrogens with zero attached hydrogens (tertiary/aromatic N) is 2. The van der Waals surface area contributed by atoms with Crippen LogP contribution in [0.1, 0.15) is 24.5 Å². The second kappa shape index (κ2) is 7.22. The Kier molecular flexibility index (Phi) is 5.33. The van der Waals surface area contributed by atoms with Crippen LogP contribution in [0, 0.1) is 13.8 Å². The van der Waals surface area contributed by atoms with Crippen LogP contribution in [0.2, 0.25) is 0 Å². The lowest BCUT2D eigenvalue weighted by Crippen LogP contribution is -2.25. The summed E-state index contributed by atoms with van der Waals surface area (Å²) >= 11 is 1.39. The number of carbonyl (C=O) groups excluding carboxylic acids is 1. The second-order valence-electron chi connectivity index (χ2n) is 4.80. The molecule has 21 heavy (non-hydrogen) atoms. The summed E-state index contributed by atoms with van der Waals surface area (Å²) in [6.45, 7) is 5.99. The van der Waals surface area contributed by atoms with Crippen molar-refractivity contribution in [2.24, 2.45) is 0 Å². The zero-order valence-corrected chi connectivity index (χ0v) is 13.3. The molecule has 1 heterocycles. The molecule has 0 saturated heterocycles. The molecule has 110 valence electrons. The fraction of sp³-hybridized carbons (Fsp3) is 0.312. The predicted octanol–water partition coefficient (Wildman–Crippen LogP) is 3.60. The van der Waals surface area contributed by atoms with E-state index in [1.54, 1.807) is 18.5 Å². The average molecular weight is 301 g/mol. The summed E-state index contributed by atoms with van der Waals surface area (Å²) in [5.74, 6) is -0.00708. The fourth-order valence-corrected chi connectivity index (χ4v) is 2.84. The van der Waals surface area contributed by atoms with Crippen molar-refractivity contribution in [2.75, 3.05) is 5.32 Å². The molecule has 1 amide bonds. The van der Waals surface area contributed by atoms with Gasteiger partial charge in [-0.2, -0.15) is 0 Å². The number of hydrogen-bond acceptors (Lipinski definition) is 4. The molecular weight excluding hydrogens is 282 g/mol. The van der Waals surface area contributed by atoms with Crippen LogP contribution in [-0.2, 0) is 4.79 Å². The van der Waals surface area contributed by atoms with Crippen LogP contribution in [0.15, 0.2) is 41.8 Å². The van der Waals surface area contributed by atoms with Crippen molar-refractivity contribution in [1.29, 1.82) is 0 Å². The van der Waals surface area contributed by atoms with Crippen molar-refractivity contribution >= 4 is 23.4 Å². The number of carbonyl (C=O) groups is 1. The first-order valence-electron chi connectivity index (χ1n) is 6.92. The highest BCUT2D eigenvalue weighted by atomic mass is 32.2. The van der Waals surface area contributed by atoms with Gasteiger partial charge in [-0.05, 0) is 37.5 Å². The van der Waals surface area contributed by atoms with E-state index < -0.39 is 0 Å². The van der Waals surface area contributed by atoms with Crippen molar-refractivity contribution < 1.29 is 4.79 Å². The molecule has 4 nitrogen and oxygen atoms in total. The molecule has 1 N–H and O–H groups in total. The number of aryl methyl sites for hydroxylation is 2. The predicted molar refractivity (Wildman–Crippen MR) is 86.5 cm³/mol. The second-order valence-corrected chi connectivity index (χ2v) is 5.97. The van der Waals surface area contributed by atoms with Gasteiger partial charge in [0.2, 0.25) is 5.91 Å². The fourth-order valence-electron chi connectivity index (χ4n) is 2.01. The number of thioether (sulfide) groups is 1. The molecule has 0 aliphatic heterocycles. The maximum absolute atomic E-state index is 12.5. The van der Waals surface area contributed by atoms with Crippen molar-refractivity contribution in [1.82, 2.24) is 9.97 Å². The Morgan fingerprint density at radius 3 is 2.38 bits per heavy atom. The van der Waals surface area contributed by atoms with Crippen LogP contribution in [-0.4, -0.2) is 21.1 Å². The van der Waals surface area contributed by atoms with Crippen LogP contribution in [0.25, 0.3) is 0 Å². The van der Waals surface area contributed by atoms with E-state index in [4.69, 9.17) is 0 Å². The Morgan fingerprint density at radius 2 is 1.81 bits per heavy atom. The summed E-state index contributed by atoms with van der Waals surface area (Å²) in [6, 6.07) is 7.75. The van der Waals surface area contributed by atoms with Crippen molar-refractivity contribution in [3.8, 4) is 0 Å². The number of para-hydroxylation sites is 1. The Labute approximate surface area is 129 Å². The zero-order chi connectivity index (χ0) is 15.2. The standard InChI is InChI=1S/C16H19N3OS/c1-4-13(21-16-17-9-6-10-18-16)15(20)19-14-11(2)7-5-8-12(14)3/h5-10,13H,4H2,1-3H3,(H,19,20)/t13-/m0/s1. The number of aromatic nitrogens is 2. The lowest BCUT2D eigenvalue weighted by Gasteiger charge is -2.16. The highest BCUT2D eigenvalue weighted by molar-refractivity contribution is 8.00. The van der Waals surface area contributed by atoms with Crippen LogP contribution in [0.5, 0.6) is 0 Å². The molecule has 1 atom stereocenters. The first-order valence-corrected chi connectivity index (χ1v) is 7.80. The molecule has 0 fully saturated rings. The molecular formula is C16H19N3OS. The number of amides is 1. The van der Waals surface area contributed by atoms with Gasteiger partial charge in [-0.3, -0.25) is 4.79 Å². The Balaban J connectivity index is 2.10. The average Bonchev–Trinajstić information content (AvgIpc) is 2.49. The SMILES string of the molecule is CC[C@H](Sc1ncccn1)C(=O)Nc1c(C)cccc1C. The van der Waals surface area contributed by atoms with E-state index in [1.165, 1.54) is 11.8 Å². The Hall–Kier alpha value is -1.88. The molecule has 5 heteroatoms. The lowest BCUT2D eigenvalue weighted by molar-refractivity contribution is -0.115. The summed E-state index contributed by atoms with van der Waals surface area (Å²) in [6.07, 6.45) is 4.09. The van der Waals surface area contributed by atoms with Gasteiger partial charge in [0, 0.05) is 18.1 Å². The molecule has 0 radical (unpaired) electrons. The molecule has 0 spiro atoms. The maximum atomic E-state index is 12.5. The van der Waals surface area contributed by atoms with Gasteiger partial charge in [-0.15, -0.1) is 0 Å². The van der Waals surface area contributed by atoms with Crippen molar-refractivity contribution in [2.45, 2.75) is 37.6 Å². The zero-order valence-electron chi connectivity index (χ0n) is 12.5. The summed E-state index contributed by atoms with van der Waals surface area (Å²) in [5.41, 5.74) is 3.04.